The van der Waals surface area contributed by atoms with Crippen LogP contribution < -0.4 is 0 Å². The Morgan fingerprint density at radius 3 is 1.58 bits per heavy atom. The summed E-state index contributed by atoms with van der Waals surface area (Å²) >= 11 is 0. The second kappa shape index (κ2) is 4.21. The number of fused-ring (bicyclic) bond motifs is 2. The van der Waals surface area contributed by atoms with Crippen LogP contribution in [0.1, 0.15) is 26.2 Å². The summed E-state index contributed by atoms with van der Waals surface area (Å²) in [7, 11) is 0. The molecule has 2 saturated carbocycles. The molecule has 2 bridgehead atoms. The topological polar surface area (TPSA) is 60.7 Å². The van der Waals surface area contributed by atoms with E-state index in [4.69, 9.17) is 5.11 Å². The Balaban J connectivity index is 0.000000213. The summed E-state index contributed by atoms with van der Waals surface area (Å²) in [6.45, 7) is 1.93. The minimum atomic E-state index is -0.399. The highest BCUT2D eigenvalue weighted by Gasteiger charge is 2.45. The fourth-order valence-corrected chi connectivity index (χ4v) is 2.23. The molecule has 0 spiro atoms. The Labute approximate surface area is 73.0 Å². The lowest BCUT2D eigenvalue weighted by Gasteiger charge is -2.21. The summed E-state index contributed by atoms with van der Waals surface area (Å²) < 4.78 is 0. The molecule has 0 saturated heterocycles. The molecule has 2 rings (SSSR count). The molecule has 4 atom stereocenters. The molecular formula is C9H18O3. The van der Waals surface area contributed by atoms with E-state index in [0.29, 0.717) is 11.8 Å². The van der Waals surface area contributed by atoms with Crippen LogP contribution in [0, 0.1) is 11.8 Å². The van der Waals surface area contributed by atoms with Gasteiger partial charge in [-0.15, -0.1) is 0 Å². The molecule has 3 nitrogen and oxygen atoms in total. The molecule has 0 aromatic carbocycles. The zero-order valence-electron chi connectivity index (χ0n) is 7.48. The molecule has 0 radical (unpaired) electrons. The summed E-state index contributed by atoms with van der Waals surface area (Å²) in [6.07, 6.45) is 2.51. The third kappa shape index (κ3) is 1.79. The Kier molecular flexibility index (Phi) is 3.50. The van der Waals surface area contributed by atoms with Crippen molar-refractivity contribution in [1.82, 2.24) is 0 Å². The molecule has 0 aromatic rings. The fraction of sp³-hybridized carbons (Fsp3) is 1.00. The first-order valence-corrected chi connectivity index (χ1v) is 4.67. The van der Waals surface area contributed by atoms with E-state index in [2.05, 4.69) is 0 Å². The van der Waals surface area contributed by atoms with E-state index in [1.165, 1.54) is 0 Å². The molecule has 0 amide bonds. The number of hydrogen-bond donors (Lipinski definition) is 3. The lowest BCUT2D eigenvalue weighted by molar-refractivity contribution is -0.0160. The van der Waals surface area contributed by atoms with Crippen molar-refractivity contribution in [3.63, 3.8) is 0 Å². The normalized spacial score (nSPS) is 44.0. The molecular weight excluding hydrogens is 156 g/mol. The van der Waals surface area contributed by atoms with Crippen LogP contribution >= 0.6 is 0 Å². The second-order valence-electron chi connectivity index (χ2n) is 3.63. The van der Waals surface area contributed by atoms with Gasteiger partial charge in [0.15, 0.2) is 0 Å². The molecule has 3 N–H and O–H groups in total. The number of aliphatic hydroxyl groups is 3. The fourth-order valence-electron chi connectivity index (χ4n) is 2.23. The number of hydrogen-bond acceptors (Lipinski definition) is 3. The van der Waals surface area contributed by atoms with Crippen molar-refractivity contribution in [3.8, 4) is 0 Å². The molecule has 4 unspecified atom stereocenters. The van der Waals surface area contributed by atoms with Gasteiger partial charge in [-0.05, 0) is 38.0 Å². The van der Waals surface area contributed by atoms with Crippen molar-refractivity contribution in [2.45, 2.75) is 38.4 Å². The van der Waals surface area contributed by atoms with Gasteiger partial charge in [0.25, 0.3) is 0 Å². The highest BCUT2D eigenvalue weighted by Crippen LogP contribution is 2.44. The van der Waals surface area contributed by atoms with Crippen molar-refractivity contribution in [3.05, 3.63) is 0 Å². The average Bonchev–Trinajstić information content (AvgIpc) is 2.58. The predicted molar refractivity (Wildman–Crippen MR) is 45.6 cm³/mol. The highest BCUT2D eigenvalue weighted by atomic mass is 16.3. The van der Waals surface area contributed by atoms with Gasteiger partial charge >= 0.3 is 0 Å². The third-order valence-corrected chi connectivity index (χ3v) is 2.83. The summed E-state index contributed by atoms with van der Waals surface area (Å²) in [5.74, 6) is 0.843. The van der Waals surface area contributed by atoms with Crippen molar-refractivity contribution >= 4 is 0 Å². The zero-order chi connectivity index (χ0) is 9.14. The first-order chi connectivity index (χ1) is 5.70. The van der Waals surface area contributed by atoms with Crippen molar-refractivity contribution < 1.29 is 15.3 Å². The summed E-state index contributed by atoms with van der Waals surface area (Å²) in [5.41, 5.74) is 0. The van der Waals surface area contributed by atoms with Crippen LogP contribution in [-0.2, 0) is 0 Å². The van der Waals surface area contributed by atoms with Crippen molar-refractivity contribution in [2.75, 3.05) is 6.61 Å². The maximum absolute atomic E-state index is 9.24. The number of aliphatic hydroxyl groups excluding tert-OH is 3. The largest absolute Gasteiger partial charge is 0.397 e. The van der Waals surface area contributed by atoms with Gasteiger partial charge in [-0.3, -0.25) is 0 Å². The van der Waals surface area contributed by atoms with Crippen LogP contribution in [0.25, 0.3) is 0 Å². The number of rotatable bonds is 0. The van der Waals surface area contributed by atoms with Gasteiger partial charge in [0, 0.05) is 6.61 Å². The molecule has 72 valence electrons. The average molecular weight is 174 g/mol. The monoisotopic (exact) mass is 174 g/mol. The third-order valence-electron chi connectivity index (χ3n) is 2.83. The minimum Gasteiger partial charge on any atom is -0.397 e. The van der Waals surface area contributed by atoms with Crippen LogP contribution in [0.15, 0.2) is 0 Å². The lowest BCUT2D eigenvalue weighted by atomic mass is 9.95. The smallest absolute Gasteiger partial charge is 0.0830 e. The van der Waals surface area contributed by atoms with E-state index >= 15 is 0 Å². The molecule has 0 aromatic heterocycles. The van der Waals surface area contributed by atoms with E-state index in [9.17, 15) is 10.2 Å². The SMILES string of the molecule is CCO.OC1C2CCC(C2)C1O. The van der Waals surface area contributed by atoms with E-state index in [0.717, 1.165) is 19.3 Å². The first kappa shape index (κ1) is 9.96. The molecule has 3 heteroatoms. The molecule has 2 aliphatic carbocycles. The van der Waals surface area contributed by atoms with Gasteiger partial charge in [0.2, 0.25) is 0 Å². The van der Waals surface area contributed by atoms with E-state index in [1.54, 1.807) is 6.92 Å². The summed E-state index contributed by atoms with van der Waals surface area (Å²) in [6, 6.07) is 0. The Hall–Kier alpha value is -0.120. The van der Waals surface area contributed by atoms with E-state index < -0.39 is 12.2 Å². The van der Waals surface area contributed by atoms with Gasteiger partial charge in [0.05, 0.1) is 12.2 Å². The zero-order valence-corrected chi connectivity index (χ0v) is 7.48. The predicted octanol–water partition coefficient (Wildman–Crippen LogP) is 0.137. The lowest BCUT2D eigenvalue weighted by Crippen LogP contribution is -2.31. The van der Waals surface area contributed by atoms with Gasteiger partial charge in [-0.1, -0.05) is 0 Å². The van der Waals surface area contributed by atoms with Crippen LogP contribution in [-0.4, -0.2) is 34.1 Å². The maximum Gasteiger partial charge on any atom is 0.0830 e. The Morgan fingerprint density at radius 1 is 1.08 bits per heavy atom. The quantitative estimate of drug-likeness (QED) is 0.489. The highest BCUT2D eigenvalue weighted by molar-refractivity contribution is 4.96. The summed E-state index contributed by atoms with van der Waals surface area (Å²) in [4.78, 5) is 0. The second-order valence-corrected chi connectivity index (χ2v) is 3.63. The van der Waals surface area contributed by atoms with Crippen LogP contribution in [0.2, 0.25) is 0 Å². The van der Waals surface area contributed by atoms with E-state index in [1.807, 2.05) is 0 Å². The standard InChI is InChI=1S/C7H12O2.C2H6O/c8-6-4-1-2-5(3-4)7(6)9;1-2-3/h4-9H,1-3H2;3H,2H2,1H3. The van der Waals surface area contributed by atoms with Gasteiger partial charge in [-0.2, -0.15) is 0 Å². The van der Waals surface area contributed by atoms with Crippen molar-refractivity contribution in [2.24, 2.45) is 11.8 Å². The van der Waals surface area contributed by atoms with Crippen molar-refractivity contribution in [1.29, 1.82) is 0 Å². The molecule has 12 heavy (non-hydrogen) atoms. The molecule has 0 aliphatic heterocycles. The Bertz CT molecular complexity index is 120. The van der Waals surface area contributed by atoms with Gasteiger partial charge < -0.3 is 15.3 Å². The maximum atomic E-state index is 9.24. The molecule has 0 heterocycles. The van der Waals surface area contributed by atoms with Gasteiger partial charge in [0.1, 0.15) is 0 Å². The molecule has 2 fully saturated rings. The van der Waals surface area contributed by atoms with Crippen LogP contribution in [0.5, 0.6) is 0 Å². The van der Waals surface area contributed by atoms with E-state index in [-0.39, 0.29) is 6.61 Å². The minimum absolute atomic E-state index is 0.250. The van der Waals surface area contributed by atoms with Crippen LogP contribution in [0.3, 0.4) is 0 Å². The first-order valence-electron chi connectivity index (χ1n) is 4.67. The molecule has 2 aliphatic rings. The Morgan fingerprint density at radius 2 is 1.42 bits per heavy atom. The summed E-state index contributed by atoms with van der Waals surface area (Å²) in [5, 5.41) is 26.0. The van der Waals surface area contributed by atoms with Crippen LogP contribution in [0.4, 0.5) is 0 Å². The van der Waals surface area contributed by atoms with Gasteiger partial charge in [-0.25, -0.2) is 0 Å².